The molecule has 8 N–H and O–H groups in total. The lowest BCUT2D eigenvalue weighted by molar-refractivity contribution is -0.145. The fraction of sp³-hybridized carbons (Fsp3) is 0.667. The predicted octanol–water partition coefficient (Wildman–Crippen LogP) is 2.77. The molecule has 0 bridgehead atoms. The summed E-state index contributed by atoms with van der Waals surface area (Å²) in [6.45, 7) is 13.0. The van der Waals surface area contributed by atoms with Crippen LogP contribution in [0.4, 0.5) is 9.59 Å². The van der Waals surface area contributed by atoms with Crippen molar-refractivity contribution in [2.45, 2.75) is 185 Å². The molecule has 0 aliphatic carbocycles. The molecule has 0 radical (unpaired) electrons. The molecule has 0 saturated carbocycles. The van der Waals surface area contributed by atoms with E-state index in [2.05, 4.69) is 31.9 Å². The summed E-state index contributed by atoms with van der Waals surface area (Å²) >= 11 is 0. The molecule has 10 amide bonds. The van der Waals surface area contributed by atoms with Crippen LogP contribution in [-0.4, -0.2) is 229 Å². The lowest BCUT2D eigenvalue weighted by Gasteiger charge is -2.34. The molecule has 27 nitrogen and oxygen atoms in total. The smallest absolute Gasteiger partial charge is 0.410 e. The summed E-state index contributed by atoms with van der Waals surface area (Å²) in [4.78, 5) is 143. The van der Waals surface area contributed by atoms with E-state index in [1.165, 1.54) is 28.8 Å². The standard InChI is InChI=1S/C66H100N10O17/c1-10-48(74(9)64(88)93-66(5,6)7)56(80)72-55-45(41-78)24-26-47-28-30-50(76(47)62(55)86)58(82)71-53(43-21-15-12-16-22-43)60(84)68-32-18-34-90-36-38-91-37-35-89-33-17-31-67-59(83)52(42-19-13-11-14-20-42)70-57(81)49-29-27-46-25-23-44(40-77)54(61(85)75(46)49)69-51(79)39-73(8)63(87)92-65(2,3)4/h11-16,19-22,44-50,52-55,77-78H,10,17-18,23-41H2,1-9H3,(H,67,83)(H,68,84)(H,69,79)(H,70,81)(H,71,82)(H,72,80). The van der Waals surface area contributed by atoms with Crippen molar-refractivity contribution < 1.29 is 81.8 Å². The summed E-state index contributed by atoms with van der Waals surface area (Å²) in [5, 5.41) is 37.9. The monoisotopic (exact) mass is 1300 g/mol. The Labute approximate surface area is 545 Å². The summed E-state index contributed by atoms with van der Waals surface area (Å²) < 4.78 is 28.0. The number of benzene rings is 2. The Morgan fingerprint density at radius 3 is 1.35 bits per heavy atom. The average Bonchev–Trinajstić information content (AvgIpc) is 1.67. The van der Waals surface area contributed by atoms with E-state index < -0.39 is 131 Å². The number of hydrogen-bond donors (Lipinski definition) is 8. The zero-order valence-electron chi connectivity index (χ0n) is 55.5. The van der Waals surface area contributed by atoms with Crippen LogP contribution in [0.3, 0.4) is 0 Å². The number of aliphatic hydroxyl groups excluding tert-OH is 2. The number of nitrogens with one attached hydrogen (secondary N) is 6. The van der Waals surface area contributed by atoms with Crippen molar-refractivity contribution in [2.75, 3.05) is 86.6 Å². The molecule has 516 valence electrons. The van der Waals surface area contributed by atoms with E-state index in [9.17, 15) is 58.2 Å². The van der Waals surface area contributed by atoms with Crippen LogP contribution < -0.4 is 31.9 Å². The fourth-order valence-corrected chi connectivity index (χ4v) is 12.2. The molecule has 2 aromatic carbocycles. The summed E-state index contributed by atoms with van der Waals surface area (Å²) in [5.74, 6) is -5.53. The van der Waals surface area contributed by atoms with Crippen molar-refractivity contribution in [2.24, 2.45) is 11.8 Å². The van der Waals surface area contributed by atoms with Gasteiger partial charge in [-0.15, -0.1) is 0 Å². The fourth-order valence-electron chi connectivity index (χ4n) is 12.2. The molecule has 0 spiro atoms. The average molecular weight is 1310 g/mol. The van der Waals surface area contributed by atoms with Gasteiger partial charge in [0.2, 0.25) is 47.3 Å². The van der Waals surface area contributed by atoms with E-state index in [0.717, 1.165) is 4.90 Å². The highest BCUT2D eigenvalue weighted by atomic mass is 16.6. The van der Waals surface area contributed by atoms with Crippen LogP contribution in [0.1, 0.15) is 142 Å². The van der Waals surface area contributed by atoms with Gasteiger partial charge in [0.15, 0.2) is 0 Å². The molecule has 4 aliphatic heterocycles. The predicted molar refractivity (Wildman–Crippen MR) is 340 cm³/mol. The van der Waals surface area contributed by atoms with Gasteiger partial charge in [0, 0.05) is 77.5 Å². The summed E-state index contributed by atoms with van der Waals surface area (Å²) in [7, 11) is 2.85. The zero-order valence-corrected chi connectivity index (χ0v) is 55.5. The first-order chi connectivity index (χ1) is 44.3. The third-order valence-electron chi connectivity index (χ3n) is 17.0. The number of rotatable bonds is 31. The third kappa shape index (κ3) is 21.8. The molecule has 93 heavy (non-hydrogen) atoms. The second-order valence-corrected chi connectivity index (χ2v) is 26.2. The van der Waals surface area contributed by atoms with Gasteiger partial charge in [-0.1, -0.05) is 67.6 Å². The maximum atomic E-state index is 14.5. The highest BCUT2D eigenvalue weighted by molar-refractivity contribution is 5.98. The lowest BCUT2D eigenvalue weighted by atomic mass is 9.93. The highest BCUT2D eigenvalue weighted by Crippen LogP contribution is 2.36. The van der Waals surface area contributed by atoms with Crippen LogP contribution in [0.5, 0.6) is 0 Å². The number of fused-ring (bicyclic) bond motifs is 2. The minimum absolute atomic E-state index is 0.219. The third-order valence-corrected chi connectivity index (χ3v) is 17.0. The van der Waals surface area contributed by atoms with Crippen molar-refractivity contribution in [1.82, 2.24) is 51.5 Å². The largest absolute Gasteiger partial charge is 0.444 e. The molecular formula is C66H100N10O17. The van der Waals surface area contributed by atoms with Gasteiger partial charge in [0.1, 0.15) is 60.0 Å². The van der Waals surface area contributed by atoms with Gasteiger partial charge in [-0.05, 0) is 123 Å². The number of ether oxygens (including phenoxy) is 5. The minimum atomic E-state index is -1.17. The Bertz CT molecular complexity index is 2820. The Morgan fingerprint density at radius 1 is 0.548 bits per heavy atom. The molecule has 6 rings (SSSR count). The topological polar surface area (TPSA) is 342 Å². The first-order valence-electron chi connectivity index (χ1n) is 32.6. The van der Waals surface area contributed by atoms with E-state index in [0.29, 0.717) is 88.5 Å². The maximum Gasteiger partial charge on any atom is 0.410 e. The Kier molecular flexibility index (Phi) is 28.6. The second kappa shape index (κ2) is 35.7. The van der Waals surface area contributed by atoms with E-state index in [4.69, 9.17) is 23.7 Å². The molecule has 11 unspecified atom stereocenters. The van der Waals surface area contributed by atoms with Gasteiger partial charge in [0.05, 0.1) is 26.4 Å². The van der Waals surface area contributed by atoms with Gasteiger partial charge in [-0.3, -0.25) is 43.3 Å². The van der Waals surface area contributed by atoms with Crippen LogP contribution in [0.15, 0.2) is 60.7 Å². The normalized spacial score (nSPS) is 22.3. The number of nitrogens with zero attached hydrogens (tertiary/aromatic N) is 4. The number of carbonyl (C=O) groups excluding carboxylic acids is 10. The molecule has 4 saturated heterocycles. The van der Waals surface area contributed by atoms with Gasteiger partial charge in [-0.2, -0.15) is 0 Å². The molecule has 4 fully saturated rings. The number of likely N-dealkylation sites (N-methyl/N-ethyl adjacent to an activating group) is 2. The minimum Gasteiger partial charge on any atom is -0.444 e. The Balaban J connectivity index is 0.887. The molecule has 4 heterocycles. The summed E-state index contributed by atoms with van der Waals surface area (Å²) in [6, 6.07) is 9.41. The van der Waals surface area contributed by atoms with Crippen LogP contribution in [0.25, 0.3) is 0 Å². The van der Waals surface area contributed by atoms with Gasteiger partial charge < -0.3 is 80.5 Å². The van der Waals surface area contributed by atoms with Crippen LogP contribution in [-0.2, 0) is 62.0 Å². The molecule has 11 atom stereocenters. The second-order valence-electron chi connectivity index (χ2n) is 26.2. The first kappa shape index (κ1) is 74.6. The Hall–Kier alpha value is -7.46. The van der Waals surface area contributed by atoms with Gasteiger partial charge >= 0.3 is 12.2 Å². The van der Waals surface area contributed by atoms with Crippen molar-refractivity contribution in [3.05, 3.63) is 71.8 Å². The molecular weight excluding hydrogens is 1200 g/mol. The number of hydrogen-bond acceptors (Lipinski definition) is 17. The maximum absolute atomic E-state index is 14.5. The Morgan fingerprint density at radius 2 is 0.946 bits per heavy atom. The first-order valence-corrected chi connectivity index (χ1v) is 32.6. The van der Waals surface area contributed by atoms with Crippen LogP contribution >= 0.6 is 0 Å². The SMILES string of the molecule is CCC(C(=O)NC1C(=O)N2C(CCC1CO)CCC2C(=O)NC(C(=O)NCCCOCCOCCOCCCNC(=O)C(NC(=O)C1CCC2CCC(CO)C(NC(=O)CN(C)C(=O)OC(C)(C)C)C(=O)N21)c1ccccc1)c1ccccc1)N(C)C(=O)OC(C)(C)C. The van der Waals surface area contributed by atoms with Crippen molar-refractivity contribution in [3.8, 4) is 0 Å². The highest BCUT2D eigenvalue weighted by Gasteiger charge is 2.50. The molecule has 27 heteroatoms. The van der Waals surface area contributed by atoms with E-state index >= 15 is 0 Å². The molecule has 2 aromatic rings. The van der Waals surface area contributed by atoms with Crippen molar-refractivity contribution in [1.29, 1.82) is 0 Å². The molecule has 0 aromatic heterocycles. The molecule has 4 aliphatic rings. The number of aliphatic hydroxyl groups is 2. The van der Waals surface area contributed by atoms with E-state index in [-0.39, 0.29) is 71.2 Å². The van der Waals surface area contributed by atoms with Gasteiger partial charge in [0.25, 0.3) is 0 Å². The lowest BCUT2D eigenvalue weighted by Crippen LogP contribution is -2.59. The van der Waals surface area contributed by atoms with Crippen LogP contribution in [0, 0.1) is 11.8 Å². The van der Waals surface area contributed by atoms with Crippen LogP contribution in [0.2, 0.25) is 0 Å². The van der Waals surface area contributed by atoms with Crippen molar-refractivity contribution >= 4 is 59.4 Å². The summed E-state index contributed by atoms with van der Waals surface area (Å²) in [5.41, 5.74) is -0.536. The zero-order chi connectivity index (χ0) is 68.0. The summed E-state index contributed by atoms with van der Waals surface area (Å²) in [6.07, 6.45) is 3.16. The quantitative estimate of drug-likeness (QED) is 0.0503. The van der Waals surface area contributed by atoms with E-state index in [1.807, 2.05) is 0 Å². The number of carbonyl (C=O) groups is 10. The van der Waals surface area contributed by atoms with E-state index in [1.54, 1.807) is 109 Å². The number of amides is 10. The van der Waals surface area contributed by atoms with Gasteiger partial charge in [-0.25, -0.2) is 9.59 Å². The van der Waals surface area contributed by atoms with Crippen molar-refractivity contribution in [3.63, 3.8) is 0 Å².